The number of carbonyl (C=O) groups excluding carboxylic acids is 1. The number of fused-ring (bicyclic) bond motifs is 1. The van der Waals surface area contributed by atoms with Crippen LogP contribution in [-0.2, 0) is 4.74 Å². The van der Waals surface area contributed by atoms with Gasteiger partial charge in [0.25, 0.3) is 5.91 Å². The molecule has 9 nitrogen and oxygen atoms in total. The Hall–Kier alpha value is -3.55. The van der Waals surface area contributed by atoms with Crippen LogP contribution in [0.15, 0.2) is 36.7 Å². The maximum Gasteiger partial charge on any atom is 0.255 e. The van der Waals surface area contributed by atoms with Crippen LogP contribution in [-0.4, -0.2) is 64.2 Å². The van der Waals surface area contributed by atoms with Crippen LogP contribution in [0.1, 0.15) is 29.8 Å². The summed E-state index contributed by atoms with van der Waals surface area (Å²) in [7, 11) is 1.57. The fourth-order valence-corrected chi connectivity index (χ4v) is 2.99. The van der Waals surface area contributed by atoms with Gasteiger partial charge in [-0.05, 0) is 38.1 Å². The van der Waals surface area contributed by atoms with E-state index >= 15 is 0 Å². The van der Waals surface area contributed by atoms with E-state index in [0.717, 1.165) is 5.52 Å². The van der Waals surface area contributed by atoms with Gasteiger partial charge in [-0.15, -0.1) is 0 Å². The molecule has 1 amide bonds. The number of anilines is 1. The Kier molecular flexibility index (Phi) is 7.02. The Labute approximate surface area is 184 Å². The highest BCUT2D eigenvalue weighted by atomic mass is 19.1. The van der Waals surface area contributed by atoms with E-state index in [1.807, 2.05) is 12.1 Å². The molecular weight excluding hydrogens is 415 g/mol. The molecule has 0 radical (unpaired) electrons. The number of ether oxygens (including phenoxy) is 1. The number of nitriles is 1. The first kappa shape index (κ1) is 23.1. The molecule has 0 saturated carbocycles. The number of amides is 1. The summed E-state index contributed by atoms with van der Waals surface area (Å²) in [5.41, 5.74) is 1.57. The summed E-state index contributed by atoms with van der Waals surface area (Å²) in [4.78, 5) is 17.1. The summed E-state index contributed by atoms with van der Waals surface area (Å²) in [5.74, 6) is -0.521. The minimum atomic E-state index is -1.62. The van der Waals surface area contributed by atoms with Crippen molar-refractivity contribution < 1.29 is 19.0 Å². The first-order chi connectivity index (χ1) is 15.2. The largest absolute Gasteiger partial charge is 0.387 e. The van der Waals surface area contributed by atoms with Gasteiger partial charge in [0.2, 0.25) is 0 Å². The number of halogens is 1. The smallest absolute Gasteiger partial charge is 0.255 e. The van der Waals surface area contributed by atoms with Crippen molar-refractivity contribution in [3.8, 4) is 17.5 Å². The monoisotopic (exact) mass is 440 g/mol. The number of rotatable bonds is 9. The Balaban J connectivity index is 1.91. The van der Waals surface area contributed by atoms with Gasteiger partial charge in [-0.2, -0.15) is 10.4 Å². The van der Waals surface area contributed by atoms with E-state index in [1.165, 1.54) is 26.2 Å². The zero-order valence-electron chi connectivity index (χ0n) is 18.1. The Bertz CT molecular complexity index is 1150. The van der Waals surface area contributed by atoms with Gasteiger partial charge in [0.1, 0.15) is 12.2 Å². The number of nitrogens with one attached hydrogen (secondary N) is 2. The summed E-state index contributed by atoms with van der Waals surface area (Å²) >= 11 is 0. The molecule has 168 valence electrons. The Morgan fingerprint density at radius 1 is 1.38 bits per heavy atom. The number of hydrogen-bond donors (Lipinski definition) is 3. The number of alkyl halides is 1. The van der Waals surface area contributed by atoms with Gasteiger partial charge in [0.15, 0.2) is 0 Å². The average molecular weight is 440 g/mol. The van der Waals surface area contributed by atoms with Crippen LogP contribution in [0.25, 0.3) is 16.9 Å². The molecule has 3 N–H and O–H groups in total. The van der Waals surface area contributed by atoms with Crippen LogP contribution in [0.4, 0.5) is 10.1 Å². The minimum Gasteiger partial charge on any atom is -0.387 e. The first-order valence-electron chi connectivity index (χ1n) is 10.0. The molecule has 0 spiro atoms. The number of nitrogens with zero attached hydrogens (tertiary/aromatic N) is 4. The average Bonchev–Trinajstić information content (AvgIpc) is 3.19. The van der Waals surface area contributed by atoms with Gasteiger partial charge in [-0.1, -0.05) is 0 Å². The van der Waals surface area contributed by atoms with Crippen molar-refractivity contribution in [2.24, 2.45) is 0 Å². The van der Waals surface area contributed by atoms with E-state index in [0.29, 0.717) is 35.8 Å². The van der Waals surface area contributed by atoms with E-state index in [4.69, 9.17) is 10.00 Å². The quantitative estimate of drug-likeness (QED) is 0.436. The molecule has 3 aromatic rings. The van der Waals surface area contributed by atoms with Crippen LogP contribution in [0, 0.1) is 11.3 Å². The van der Waals surface area contributed by atoms with Gasteiger partial charge in [0, 0.05) is 19.9 Å². The van der Waals surface area contributed by atoms with Crippen molar-refractivity contribution in [2.45, 2.75) is 25.6 Å². The molecular formula is C22H25FN6O3. The van der Waals surface area contributed by atoms with Gasteiger partial charge in [0.05, 0.1) is 58.7 Å². The van der Waals surface area contributed by atoms with Crippen molar-refractivity contribution >= 4 is 17.1 Å². The number of aliphatic hydroxyl groups is 1. The van der Waals surface area contributed by atoms with Crippen molar-refractivity contribution in [2.75, 3.05) is 32.1 Å². The third-order valence-corrected chi connectivity index (χ3v) is 4.87. The fraction of sp³-hybridized carbons (Fsp3) is 0.364. The molecule has 0 unspecified atom stereocenters. The van der Waals surface area contributed by atoms with Gasteiger partial charge in [-0.3, -0.25) is 9.78 Å². The summed E-state index contributed by atoms with van der Waals surface area (Å²) in [6, 6.07) is 9.11. The normalized spacial score (nSPS) is 12.4. The SMILES string of the molecule is COCCNc1cc(-c2ccc3cc(C#N)cnn23)ncc1C(=O)NC[C@@H](F)C(C)(C)O. The van der Waals surface area contributed by atoms with Crippen molar-refractivity contribution in [3.63, 3.8) is 0 Å². The number of pyridine rings is 1. The molecule has 3 heterocycles. The minimum absolute atomic E-state index is 0.230. The lowest BCUT2D eigenvalue weighted by molar-refractivity contribution is -0.00177. The molecule has 0 aliphatic heterocycles. The highest BCUT2D eigenvalue weighted by Gasteiger charge is 2.27. The maximum absolute atomic E-state index is 14.0. The Morgan fingerprint density at radius 2 is 2.16 bits per heavy atom. The molecule has 32 heavy (non-hydrogen) atoms. The first-order valence-corrected chi connectivity index (χ1v) is 10.0. The predicted octanol–water partition coefficient (Wildman–Crippen LogP) is 2.17. The summed E-state index contributed by atoms with van der Waals surface area (Å²) in [5, 5.41) is 28.7. The number of hydrogen-bond acceptors (Lipinski definition) is 7. The van der Waals surface area contributed by atoms with Crippen molar-refractivity contribution in [1.29, 1.82) is 5.26 Å². The van der Waals surface area contributed by atoms with Crippen LogP contribution >= 0.6 is 0 Å². The predicted molar refractivity (Wildman–Crippen MR) is 117 cm³/mol. The van der Waals surface area contributed by atoms with Crippen LogP contribution in [0.3, 0.4) is 0 Å². The zero-order valence-corrected chi connectivity index (χ0v) is 18.1. The Morgan fingerprint density at radius 3 is 2.84 bits per heavy atom. The highest BCUT2D eigenvalue weighted by molar-refractivity contribution is 6.00. The molecule has 0 saturated heterocycles. The van der Waals surface area contributed by atoms with Crippen molar-refractivity contribution in [1.82, 2.24) is 19.9 Å². The third-order valence-electron chi connectivity index (χ3n) is 4.87. The number of aromatic nitrogens is 3. The second-order valence-corrected chi connectivity index (χ2v) is 7.78. The molecule has 3 aromatic heterocycles. The fourth-order valence-electron chi connectivity index (χ4n) is 2.99. The second kappa shape index (κ2) is 9.72. The van der Waals surface area contributed by atoms with E-state index < -0.39 is 17.7 Å². The van der Waals surface area contributed by atoms with E-state index in [-0.39, 0.29) is 12.1 Å². The molecule has 0 fully saturated rings. The second-order valence-electron chi connectivity index (χ2n) is 7.78. The number of methoxy groups -OCH3 is 1. The molecule has 0 aromatic carbocycles. The molecule has 1 atom stereocenters. The molecule has 3 rings (SSSR count). The van der Waals surface area contributed by atoms with E-state index in [9.17, 15) is 14.3 Å². The third kappa shape index (κ3) is 5.19. The van der Waals surface area contributed by atoms with E-state index in [1.54, 1.807) is 23.8 Å². The molecule has 0 bridgehead atoms. The van der Waals surface area contributed by atoms with Crippen LogP contribution in [0.2, 0.25) is 0 Å². The topological polar surface area (TPSA) is 125 Å². The van der Waals surface area contributed by atoms with Gasteiger partial charge < -0.3 is 20.5 Å². The maximum atomic E-state index is 14.0. The standard InChI is InChI=1S/C22H25FN6O3/c1-22(2,31)20(23)13-27-21(30)16-12-26-18(9-17(16)25-6-7-32-3)19-5-4-15-8-14(10-24)11-28-29(15)19/h4-5,8-9,11-12,20,31H,6-7,13H2,1-3H3,(H,25,26)(H,27,30)/t20-/m1/s1. The molecule has 0 aliphatic carbocycles. The van der Waals surface area contributed by atoms with E-state index in [2.05, 4.69) is 26.8 Å². The highest BCUT2D eigenvalue weighted by Crippen LogP contribution is 2.25. The molecule has 10 heteroatoms. The van der Waals surface area contributed by atoms with Crippen LogP contribution < -0.4 is 10.6 Å². The summed E-state index contributed by atoms with van der Waals surface area (Å²) in [6.45, 7) is 3.20. The van der Waals surface area contributed by atoms with Crippen LogP contribution in [0.5, 0.6) is 0 Å². The summed E-state index contributed by atoms with van der Waals surface area (Å²) < 4.78 is 20.8. The zero-order chi connectivity index (χ0) is 23.3. The van der Waals surface area contributed by atoms with Gasteiger partial charge in [-0.25, -0.2) is 8.91 Å². The van der Waals surface area contributed by atoms with Crippen molar-refractivity contribution in [3.05, 3.63) is 47.8 Å². The molecule has 0 aliphatic rings. The lowest BCUT2D eigenvalue weighted by Gasteiger charge is -2.22. The number of carbonyl (C=O) groups is 1. The summed E-state index contributed by atoms with van der Waals surface area (Å²) in [6.07, 6.45) is 1.24. The van der Waals surface area contributed by atoms with Gasteiger partial charge >= 0.3 is 0 Å². The lowest BCUT2D eigenvalue weighted by Crippen LogP contribution is -2.42. The lowest BCUT2D eigenvalue weighted by atomic mass is 10.0.